The molecule has 1 atom stereocenters. The van der Waals surface area contributed by atoms with Gasteiger partial charge in [0.1, 0.15) is 23.1 Å². The summed E-state index contributed by atoms with van der Waals surface area (Å²) in [5, 5.41) is 16.8. The molecule has 0 bridgehead atoms. The number of likely N-dealkylation sites (N-methyl/N-ethyl adjacent to an activating group) is 1. The zero-order chi connectivity index (χ0) is 31.3. The average Bonchev–Trinajstić information content (AvgIpc) is 3.02. The highest BCUT2D eigenvalue weighted by Crippen LogP contribution is 2.37. The minimum Gasteiger partial charge on any atom is -0.457 e. The summed E-state index contributed by atoms with van der Waals surface area (Å²) < 4.78 is 5.96. The van der Waals surface area contributed by atoms with Gasteiger partial charge in [0.05, 0.1) is 5.60 Å². The molecular weight excluding hydrogens is 629 g/mol. The highest BCUT2D eigenvalue weighted by molar-refractivity contribution is 6.00. The predicted molar refractivity (Wildman–Crippen MR) is 183 cm³/mol. The third kappa shape index (κ3) is 8.72. The molecule has 0 aromatic heterocycles. The van der Waals surface area contributed by atoms with Crippen molar-refractivity contribution in [1.82, 2.24) is 25.3 Å². The number of piperidine rings is 1. The molecule has 2 aromatic carbocycles. The Balaban J connectivity index is 0.00000288. The van der Waals surface area contributed by atoms with Crippen molar-refractivity contribution in [3.05, 3.63) is 59.7 Å². The molecule has 2 heterocycles. The lowest BCUT2D eigenvalue weighted by Crippen LogP contribution is -2.73. The smallest absolute Gasteiger partial charge is 0.251 e. The third-order valence-corrected chi connectivity index (χ3v) is 9.54. The van der Waals surface area contributed by atoms with Crippen LogP contribution in [0.1, 0.15) is 67.3 Å². The number of benzene rings is 2. The van der Waals surface area contributed by atoms with Crippen molar-refractivity contribution in [3.63, 3.8) is 0 Å². The van der Waals surface area contributed by atoms with Crippen LogP contribution < -0.4 is 15.4 Å². The maximum Gasteiger partial charge on any atom is 0.251 e. The number of likely N-dealkylation sites (tertiary alicyclic amines) is 1. The van der Waals surface area contributed by atoms with Crippen LogP contribution in [0.2, 0.25) is 0 Å². The van der Waals surface area contributed by atoms with E-state index in [0.29, 0.717) is 75.3 Å². The number of carbonyl (C=O) groups excluding carboxylic acids is 3. The molecule has 1 spiro atoms. The molecule has 0 radical (unpaired) electrons. The van der Waals surface area contributed by atoms with Crippen molar-refractivity contribution in [3.8, 4) is 11.5 Å². The van der Waals surface area contributed by atoms with Gasteiger partial charge >= 0.3 is 0 Å². The molecule has 2 aliphatic heterocycles. The molecule has 254 valence electrons. The van der Waals surface area contributed by atoms with Crippen LogP contribution in [0.15, 0.2) is 48.5 Å². The fourth-order valence-corrected chi connectivity index (χ4v) is 6.89. The molecular formula is C34H49Cl2N5O5. The molecule has 1 aliphatic carbocycles. The minimum atomic E-state index is -0.884. The average molecular weight is 679 g/mol. The highest BCUT2D eigenvalue weighted by Gasteiger charge is 2.54. The lowest BCUT2D eigenvalue weighted by molar-refractivity contribution is -0.163. The van der Waals surface area contributed by atoms with Gasteiger partial charge < -0.3 is 30.3 Å². The summed E-state index contributed by atoms with van der Waals surface area (Å²) in [4.78, 5) is 45.7. The van der Waals surface area contributed by atoms with Gasteiger partial charge in [-0.25, -0.2) is 0 Å². The van der Waals surface area contributed by atoms with E-state index in [9.17, 15) is 19.5 Å². The van der Waals surface area contributed by atoms with Gasteiger partial charge in [-0.1, -0.05) is 31.4 Å². The Morgan fingerprint density at radius 3 is 2.11 bits per heavy atom. The Labute approximate surface area is 285 Å². The molecule has 10 nitrogen and oxygen atoms in total. The van der Waals surface area contributed by atoms with Crippen LogP contribution >= 0.6 is 24.8 Å². The molecule has 2 aromatic rings. The number of halogens is 2. The summed E-state index contributed by atoms with van der Waals surface area (Å²) in [6, 6.07) is 14.3. The van der Waals surface area contributed by atoms with Crippen LogP contribution in [0, 0.1) is 0 Å². The maximum atomic E-state index is 13.9. The molecule has 3 aliphatic rings. The Morgan fingerprint density at radius 1 is 0.957 bits per heavy atom. The van der Waals surface area contributed by atoms with Gasteiger partial charge in [-0.05, 0) is 81.7 Å². The molecule has 5 rings (SSSR count). The van der Waals surface area contributed by atoms with Gasteiger partial charge in [0.25, 0.3) is 5.91 Å². The second-order valence-corrected chi connectivity index (χ2v) is 13.0. The number of amides is 3. The van der Waals surface area contributed by atoms with Crippen LogP contribution in [0.5, 0.6) is 11.5 Å². The summed E-state index contributed by atoms with van der Waals surface area (Å²) >= 11 is 0. The van der Waals surface area contributed by atoms with E-state index in [-0.39, 0.29) is 42.5 Å². The summed E-state index contributed by atoms with van der Waals surface area (Å²) in [5.74, 6) is 1.09. The summed E-state index contributed by atoms with van der Waals surface area (Å²) in [6.45, 7) is 3.30. The first kappa shape index (κ1) is 37.6. The zero-order valence-electron chi connectivity index (χ0n) is 27.1. The van der Waals surface area contributed by atoms with Gasteiger partial charge in [0, 0.05) is 51.8 Å². The fraction of sp³-hybridized carbons (Fsp3) is 0.559. The van der Waals surface area contributed by atoms with Gasteiger partial charge in [0.2, 0.25) is 11.8 Å². The summed E-state index contributed by atoms with van der Waals surface area (Å²) in [5.41, 5.74) is -0.0319. The quantitative estimate of drug-likeness (QED) is 0.349. The largest absolute Gasteiger partial charge is 0.457 e. The lowest BCUT2D eigenvalue weighted by Gasteiger charge is -2.52. The normalized spacial score (nSPS) is 20.8. The molecule has 3 fully saturated rings. The van der Waals surface area contributed by atoms with E-state index in [2.05, 4.69) is 15.5 Å². The minimum absolute atomic E-state index is 0. The number of hydrogen-bond acceptors (Lipinski definition) is 7. The third-order valence-electron chi connectivity index (χ3n) is 9.54. The van der Waals surface area contributed by atoms with Gasteiger partial charge in [-0.3, -0.25) is 19.3 Å². The van der Waals surface area contributed by atoms with Crippen molar-refractivity contribution in [1.29, 1.82) is 0 Å². The predicted octanol–water partition coefficient (Wildman–Crippen LogP) is 3.99. The first-order chi connectivity index (χ1) is 21.1. The van der Waals surface area contributed by atoms with E-state index in [1.54, 1.807) is 31.3 Å². The molecule has 3 amide bonds. The molecule has 46 heavy (non-hydrogen) atoms. The fourth-order valence-electron chi connectivity index (χ4n) is 6.89. The van der Waals surface area contributed by atoms with Crippen molar-refractivity contribution in [2.75, 3.05) is 47.3 Å². The van der Waals surface area contributed by atoms with E-state index in [1.165, 1.54) is 0 Å². The van der Waals surface area contributed by atoms with Crippen molar-refractivity contribution in [2.45, 2.75) is 75.1 Å². The first-order valence-corrected chi connectivity index (χ1v) is 15.9. The van der Waals surface area contributed by atoms with Gasteiger partial charge in [0.15, 0.2) is 0 Å². The highest BCUT2D eigenvalue weighted by atomic mass is 35.5. The monoisotopic (exact) mass is 677 g/mol. The topological polar surface area (TPSA) is 114 Å². The van der Waals surface area contributed by atoms with Crippen LogP contribution in [-0.2, 0) is 16.1 Å². The van der Waals surface area contributed by atoms with E-state index >= 15 is 0 Å². The Bertz CT molecular complexity index is 1310. The van der Waals surface area contributed by atoms with Crippen LogP contribution in [-0.4, -0.2) is 102 Å². The molecule has 0 unspecified atom stereocenters. The lowest BCUT2D eigenvalue weighted by atomic mass is 9.77. The number of carbonyl (C=O) groups is 3. The van der Waals surface area contributed by atoms with Crippen molar-refractivity contribution >= 4 is 42.5 Å². The SMILES string of the molecule is CNC(=O)c1ccc(Oc2ccc(CN3CCC4(CC3)C(=O)N[C@H](CC3(O)CCCCC3)C(=O)N4CCN(C)C)cc2)cc1.Cl.Cl. The van der Waals surface area contributed by atoms with Crippen LogP contribution in [0.25, 0.3) is 0 Å². The Morgan fingerprint density at radius 2 is 1.54 bits per heavy atom. The van der Waals surface area contributed by atoms with Crippen molar-refractivity contribution < 1.29 is 24.2 Å². The first-order valence-electron chi connectivity index (χ1n) is 15.9. The number of ether oxygens (including phenoxy) is 1. The zero-order valence-corrected chi connectivity index (χ0v) is 28.8. The number of nitrogens with one attached hydrogen (secondary N) is 2. The number of nitrogens with zero attached hydrogens (tertiary/aromatic N) is 3. The second-order valence-electron chi connectivity index (χ2n) is 13.0. The number of hydrogen-bond donors (Lipinski definition) is 3. The van der Waals surface area contributed by atoms with Crippen molar-refractivity contribution in [2.24, 2.45) is 0 Å². The second kappa shape index (κ2) is 16.3. The summed E-state index contributed by atoms with van der Waals surface area (Å²) in [6.07, 6.45) is 5.83. The van der Waals surface area contributed by atoms with E-state index in [4.69, 9.17) is 4.74 Å². The van der Waals surface area contributed by atoms with Crippen LogP contribution in [0.4, 0.5) is 0 Å². The summed E-state index contributed by atoms with van der Waals surface area (Å²) in [7, 11) is 5.56. The van der Waals surface area contributed by atoms with Gasteiger partial charge in [-0.2, -0.15) is 0 Å². The Hall–Kier alpha value is -2.89. The standard InChI is InChI=1S/C34H47N5O5.2ClH/c1-35-30(40)26-9-13-28(14-10-26)44-27-11-7-25(8-12-27)24-38-19-17-34(18-20-38)32(42)36-29(23-33(43)15-5-4-6-16-33)31(41)39(34)22-21-37(2)3;;/h7-14,29,43H,4-6,15-24H2,1-3H3,(H,35,40)(H,36,42);2*1H/t29-;;/m1../s1. The number of rotatable bonds is 10. The van der Waals surface area contributed by atoms with E-state index in [1.807, 2.05) is 48.2 Å². The number of piperazine rings is 1. The maximum absolute atomic E-state index is 13.9. The molecule has 3 N–H and O–H groups in total. The molecule has 12 heteroatoms. The van der Waals surface area contributed by atoms with E-state index in [0.717, 1.165) is 31.4 Å². The molecule has 1 saturated carbocycles. The number of aliphatic hydroxyl groups is 1. The Kier molecular flexibility index (Phi) is 13.3. The molecule has 2 saturated heterocycles. The van der Waals surface area contributed by atoms with Crippen LogP contribution in [0.3, 0.4) is 0 Å². The van der Waals surface area contributed by atoms with Gasteiger partial charge in [-0.15, -0.1) is 24.8 Å². The van der Waals surface area contributed by atoms with E-state index < -0.39 is 17.2 Å².